The van der Waals surface area contributed by atoms with E-state index >= 15 is 0 Å². The molecule has 4 heteroatoms. The summed E-state index contributed by atoms with van der Waals surface area (Å²) in [6.45, 7) is 4.79. The first kappa shape index (κ1) is 21.4. The summed E-state index contributed by atoms with van der Waals surface area (Å²) in [4.78, 5) is 19.4. The molecular formula is C29H31N3O. The molecule has 0 atom stereocenters. The molecule has 4 aromatic rings. The van der Waals surface area contributed by atoms with Crippen molar-refractivity contribution in [3.05, 3.63) is 90.3 Å². The molecule has 33 heavy (non-hydrogen) atoms. The number of aryl methyl sites for hydroxylation is 2. The molecule has 1 aliphatic heterocycles. The fraction of sp³-hybridized carbons (Fsp3) is 0.310. The third-order valence-electron chi connectivity index (χ3n) is 6.85. The summed E-state index contributed by atoms with van der Waals surface area (Å²) in [6, 6.07) is 25.3. The van der Waals surface area contributed by atoms with E-state index in [4.69, 9.17) is 0 Å². The van der Waals surface area contributed by atoms with E-state index in [1.54, 1.807) is 0 Å². The SMILES string of the molecule is Cc1cccc(-c2ccc3c(ccn3CC3CCN(C(=O)CCc4ccccc4)CC3)c2)n1. The Morgan fingerprint density at radius 1 is 0.970 bits per heavy atom. The topological polar surface area (TPSA) is 38.1 Å². The largest absolute Gasteiger partial charge is 0.347 e. The number of fused-ring (bicyclic) bond motifs is 1. The zero-order valence-corrected chi connectivity index (χ0v) is 19.3. The molecule has 1 aliphatic rings. The van der Waals surface area contributed by atoms with Gasteiger partial charge in [0.05, 0.1) is 5.69 Å². The van der Waals surface area contributed by atoms with E-state index in [-0.39, 0.29) is 0 Å². The van der Waals surface area contributed by atoms with Gasteiger partial charge in [-0.1, -0.05) is 42.5 Å². The van der Waals surface area contributed by atoms with Crippen LogP contribution in [0.25, 0.3) is 22.2 Å². The van der Waals surface area contributed by atoms with Gasteiger partial charge in [-0.3, -0.25) is 9.78 Å². The lowest BCUT2D eigenvalue weighted by molar-refractivity contribution is -0.132. The first-order valence-electron chi connectivity index (χ1n) is 12.0. The van der Waals surface area contributed by atoms with Crippen molar-refractivity contribution in [2.75, 3.05) is 13.1 Å². The second-order valence-electron chi connectivity index (χ2n) is 9.22. The second-order valence-corrected chi connectivity index (χ2v) is 9.22. The van der Waals surface area contributed by atoms with Gasteiger partial charge in [0, 0.05) is 54.4 Å². The van der Waals surface area contributed by atoms with Crippen LogP contribution in [0.5, 0.6) is 0 Å². The molecule has 0 radical (unpaired) electrons. The van der Waals surface area contributed by atoms with Crippen LogP contribution in [-0.2, 0) is 17.8 Å². The molecule has 168 valence electrons. The highest BCUT2D eigenvalue weighted by molar-refractivity contribution is 5.85. The van der Waals surface area contributed by atoms with Gasteiger partial charge in [0.15, 0.2) is 0 Å². The number of benzene rings is 2. The highest BCUT2D eigenvalue weighted by Crippen LogP contribution is 2.27. The summed E-state index contributed by atoms with van der Waals surface area (Å²) in [5.74, 6) is 0.901. The molecule has 5 rings (SSSR count). The van der Waals surface area contributed by atoms with Crippen LogP contribution in [0.3, 0.4) is 0 Å². The maximum atomic E-state index is 12.7. The first-order chi connectivity index (χ1) is 16.2. The van der Waals surface area contributed by atoms with Crippen LogP contribution in [0, 0.1) is 12.8 Å². The van der Waals surface area contributed by atoms with Gasteiger partial charge in [-0.05, 0) is 68.0 Å². The minimum atomic E-state index is 0.293. The average molecular weight is 438 g/mol. The smallest absolute Gasteiger partial charge is 0.222 e. The Hall–Kier alpha value is -3.40. The maximum Gasteiger partial charge on any atom is 0.222 e. The van der Waals surface area contributed by atoms with E-state index in [9.17, 15) is 4.79 Å². The number of pyridine rings is 1. The van der Waals surface area contributed by atoms with Gasteiger partial charge in [0.2, 0.25) is 5.91 Å². The van der Waals surface area contributed by atoms with E-state index in [1.165, 1.54) is 16.5 Å². The predicted octanol–water partition coefficient (Wildman–Crippen LogP) is 5.88. The quantitative estimate of drug-likeness (QED) is 0.378. The Labute approximate surface area is 195 Å². The fourth-order valence-electron chi connectivity index (χ4n) is 4.92. The van der Waals surface area contributed by atoms with E-state index in [0.29, 0.717) is 18.2 Å². The number of hydrogen-bond acceptors (Lipinski definition) is 2. The highest BCUT2D eigenvalue weighted by atomic mass is 16.2. The number of likely N-dealkylation sites (tertiary alicyclic amines) is 1. The number of piperidine rings is 1. The molecule has 0 aliphatic carbocycles. The van der Waals surface area contributed by atoms with Crippen molar-refractivity contribution in [3.63, 3.8) is 0 Å². The maximum absolute atomic E-state index is 12.7. The van der Waals surface area contributed by atoms with Crippen molar-refractivity contribution < 1.29 is 4.79 Å². The van der Waals surface area contributed by atoms with Crippen LogP contribution < -0.4 is 0 Å². The van der Waals surface area contributed by atoms with Gasteiger partial charge in [0.25, 0.3) is 0 Å². The number of amides is 1. The molecule has 3 heterocycles. The molecule has 1 amide bonds. The molecule has 0 saturated carbocycles. The standard InChI is InChI=1S/C29H31N3O/c1-22-6-5-9-27(30-22)25-11-12-28-26(20-25)16-19-32(28)21-24-14-17-31(18-15-24)29(33)13-10-23-7-3-2-4-8-23/h2-9,11-12,16,19-20,24H,10,13-15,17-18,21H2,1H3. The molecule has 0 spiro atoms. The van der Waals surface area contributed by atoms with Crippen molar-refractivity contribution in [3.8, 4) is 11.3 Å². The van der Waals surface area contributed by atoms with Crippen LogP contribution >= 0.6 is 0 Å². The lowest BCUT2D eigenvalue weighted by Gasteiger charge is -2.32. The molecule has 1 fully saturated rings. The van der Waals surface area contributed by atoms with Crippen LogP contribution in [0.1, 0.15) is 30.5 Å². The third-order valence-corrected chi connectivity index (χ3v) is 6.85. The number of hydrogen-bond donors (Lipinski definition) is 0. The molecule has 2 aromatic heterocycles. The fourth-order valence-corrected chi connectivity index (χ4v) is 4.92. The molecule has 4 nitrogen and oxygen atoms in total. The van der Waals surface area contributed by atoms with Crippen molar-refractivity contribution >= 4 is 16.8 Å². The number of carbonyl (C=O) groups is 1. The van der Waals surface area contributed by atoms with Crippen LogP contribution in [-0.4, -0.2) is 33.4 Å². The van der Waals surface area contributed by atoms with E-state index in [1.807, 2.05) is 31.2 Å². The third kappa shape index (κ3) is 5.00. The monoisotopic (exact) mass is 437 g/mol. The van der Waals surface area contributed by atoms with E-state index in [0.717, 1.165) is 55.8 Å². The number of aromatic nitrogens is 2. The zero-order chi connectivity index (χ0) is 22.6. The Bertz CT molecular complexity index is 1240. The van der Waals surface area contributed by atoms with Crippen molar-refractivity contribution in [1.29, 1.82) is 0 Å². The molecule has 0 N–H and O–H groups in total. The van der Waals surface area contributed by atoms with Crippen LogP contribution in [0.4, 0.5) is 0 Å². The molecule has 0 bridgehead atoms. The van der Waals surface area contributed by atoms with Crippen molar-refractivity contribution in [2.24, 2.45) is 5.92 Å². The number of rotatable bonds is 6. The van der Waals surface area contributed by atoms with Crippen LogP contribution in [0.15, 0.2) is 79.0 Å². The van der Waals surface area contributed by atoms with E-state index in [2.05, 4.69) is 69.2 Å². The number of carbonyl (C=O) groups excluding carboxylic acids is 1. The van der Waals surface area contributed by atoms with Gasteiger partial charge < -0.3 is 9.47 Å². The molecule has 0 unspecified atom stereocenters. The van der Waals surface area contributed by atoms with Crippen LogP contribution in [0.2, 0.25) is 0 Å². The first-order valence-corrected chi connectivity index (χ1v) is 12.0. The lowest BCUT2D eigenvalue weighted by Crippen LogP contribution is -2.39. The Kier molecular flexibility index (Phi) is 6.25. The van der Waals surface area contributed by atoms with Crippen molar-refractivity contribution in [2.45, 2.75) is 39.2 Å². The second kappa shape index (κ2) is 9.62. The Balaban J connectivity index is 1.17. The molecular weight excluding hydrogens is 406 g/mol. The van der Waals surface area contributed by atoms with Crippen molar-refractivity contribution in [1.82, 2.24) is 14.5 Å². The minimum absolute atomic E-state index is 0.293. The molecule has 2 aromatic carbocycles. The van der Waals surface area contributed by atoms with Gasteiger partial charge in [-0.25, -0.2) is 0 Å². The highest BCUT2D eigenvalue weighted by Gasteiger charge is 2.23. The van der Waals surface area contributed by atoms with Gasteiger partial charge >= 0.3 is 0 Å². The van der Waals surface area contributed by atoms with Gasteiger partial charge in [-0.2, -0.15) is 0 Å². The average Bonchev–Trinajstić information content (AvgIpc) is 3.25. The zero-order valence-electron chi connectivity index (χ0n) is 19.3. The Morgan fingerprint density at radius 2 is 1.79 bits per heavy atom. The van der Waals surface area contributed by atoms with Gasteiger partial charge in [0.1, 0.15) is 0 Å². The normalized spacial score (nSPS) is 14.6. The summed E-state index contributed by atoms with van der Waals surface area (Å²) in [7, 11) is 0. The van der Waals surface area contributed by atoms with E-state index < -0.39 is 0 Å². The number of nitrogens with zero attached hydrogens (tertiary/aromatic N) is 3. The Morgan fingerprint density at radius 3 is 2.58 bits per heavy atom. The summed E-state index contributed by atoms with van der Waals surface area (Å²) in [5, 5.41) is 1.25. The summed E-state index contributed by atoms with van der Waals surface area (Å²) in [6.07, 6.45) is 5.78. The summed E-state index contributed by atoms with van der Waals surface area (Å²) < 4.78 is 2.38. The lowest BCUT2D eigenvalue weighted by atomic mass is 9.96. The predicted molar refractivity (Wildman–Crippen MR) is 134 cm³/mol. The minimum Gasteiger partial charge on any atom is -0.347 e. The summed E-state index contributed by atoms with van der Waals surface area (Å²) >= 11 is 0. The summed E-state index contributed by atoms with van der Waals surface area (Å²) in [5.41, 5.74) is 5.73. The molecule has 1 saturated heterocycles. The van der Waals surface area contributed by atoms with Gasteiger partial charge in [-0.15, -0.1) is 0 Å².